The number of rotatable bonds is 9. The molecule has 0 aliphatic heterocycles. The Morgan fingerprint density at radius 1 is 0.727 bits per heavy atom. The first-order valence-corrected chi connectivity index (χ1v) is 12.7. The van der Waals surface area contributed by atoms with Crippen molar-refractivity contribution in [2.75, 3.05) is 0 Å². The van der Waals surface area contributed by atoms with E-state index in [1.807, 2.05) is 0 Å². The van der Waals surface area contributed by atoms with Crippen molar-refractivity contribution in [3.8, 4) is 0 Å². The van der Waals surface area contributed by atoms with Crippen LogP contribution >= 0.6 is 0 Å². The zero-order valence-electron chi connectivity index (χ0n) is 23.0. The summed E-state index contributed by atoms with van der Waals surface area (Å²) in [5.74, 6) is 0.478. The van der Waals surface area contributed by atoms with Gasteiger partial charge in [0.1, 0.15) is 0 Å². The number of unbranched alkanes of at least 4 members (excludes halogenated alkanes) is 2. The smallest absolute Gasteiger partial charge is 0.0219 e. The Kier molecular flexibility index (Phi) is 16.0. The Hall–Kier alpha value is -2.34. The van der Waals surface area contributed by atoms with Crippen molar-refractivity contribution in [1.82, 2.24) is 0 Å². The van der Waals surface area contributed by atoms with Crippen LogP contribution in [0, 0.1) is 33.6 Å². The van der Waals surface area contributed by atoms with E-state index in [-0.39, 0.29) is 0 Å². The molecule has 2 aromatic carbocycles. The van der Waals surface area contributed by atoms with E-state index in [0.717, 1.165) is 23.1 Å². The van der Waals surface area contributed by atoms with Gasteiger partial charge in [0.15, 0.2) is 0 Å². The van der Waals surface area contributed by atoms with Crippen LogP contribution in [0.1, 0.15) is 87.6 Å². The highest BCUT2D eigenvalue weighted by Crippen LogP contribution is 2.24. The molecule has 0 heterocycles. The lowest BCUT2D eigenvalue weighted by Gasteiger charge is -2.14. The maximum atomic E-state index is 4.04. The van der Waals surface area contributed by atoms with E-state index < -0.39 is 0 Å². The minimum absolute atomic E-state index is 0.478. The van der Waals surface area contributed by atoms with Crippen LogP contribution in [-0.2, 0) is 6.42 Å². The summed E-state index contributed by atoms with van der Waals surface area (Å²) in [6, 6.07) is 15.1. The van der Waals surface area contributed by atoms with Crippen molar-refractivity contribution in [2.24, 2.45) is 5.92 Å². The summed E-state index contributed by atoms with van der Waals surface area (Å²) in [7, 11) is 0. The lowest BCUT2D eigenvalue weighted by molar-refractivity contribution is 0.762. The van der Waals surface area contributed by atoms with Crippen molar-refractivity contribution >= 4 is 0 Å². The molecular formula is C33H50. The molecule has 0 aliphatic rings. The topological polar surface area (TPSA) is 0 Å². The number of hydrogen-bond acceptors (Lipinski definition) is 0. The highest BCUT2D eigenvalue weighted by molar-refractivity contribution is 5.42. The van der Waals surface area contributed by atoms with Crippen molar-refractivity contribution < 1.29 is 0 Å². The van der Waals surface area contributed by atoms with Gasteiger partial charge in [-0.1, -0.05) is 103 Å². The Morgan fingerprint density at radius 2 is 1.18 bits per heavy atom. The molecule has 0 unspecified atom stereocenters. The average molecular weight is 447 g/mol. The zero-order valence-corrected chi connectivity index (χ0v) is 23.0. The van der Waals surface area contributed by atoms with Gasteiger partial charge >= 0.3 is 0 Å². The summed E-state index contributed by atoms with van der Waals surface area (Å²) in [4.78, 5) is 0. The van der Waals surface area contributed by atoms with Gasteiger partial charge in [0, 0.05) is 0 Å². The van der Waals surface area contributed by atoms with Crippen LogP contribution in [0.5, 0.6) is 0 Å². The Labute approximate surface area is 206 Å². The lowest BCUT2D eigenvalue weighted by Crippen LogP contribution is -1.98. The SMILES string of the molecule is C=C(CCCC)C(=C)C(=C)C(C)C.CCCCc1ccccc1.Cc1cc(C)c(C)cc1C. The molecule has 0 atom stereocenters. The van der Waals surface area contributed by atoms with E-state index in [0.29, 0.717) is 5.92 Å². The molecule has 0 spiro atoms. The third kappa shape index (κ3) is 13.1. The van der Waals surface area contributed by atoms with E-state index in [4.69, 9.17) is 0 Å². The van der Waals surface area contributed by atoms with Gasteiger partial charge in [0.05, 0.1) is 0 Å². The summed E-state index contributed by atoms with van der Waals surface area (Å²) < 4.78 is 0. The molecule has 0 N–H and O–H groups in total. The fourth-order valence-corrected chi connectivity index (χ4v) is 3.25. The first kappa shape index (κ1) is 30.7. The van der Waals surface area contributed by atoms with Gasteiger partial charge in [0.2, 0.25) is 0 Å². The van der Waals surface area contributed by atoms with Gasteiger partial charge in [-0.05, 0) is 104 Å². The fraction of sp³-hybridized carbons (Fsp3) is 0.455. The predicted molar refractivity (Wildman–Crippen MR) is 152 cm³/mol. The maximum absolute atomic E-state index is 4.04. The van der Waals surface area contributed by atoms with Crippen LogP contribution < -0.4 is 0 Å². The molecule has 0 radical (unpaired) electrons. The second-order valence-electron chi connectivity index (χ2n) is 9.48. The Balaban J connectivity index is 0.000000470. The second-order valence-corrected chi connectivity index (χ2v) is 9.48. The first-order valence-electron chi connectivity index (χ1n) is 12.7. The third-order valence-electron chi connectivity index (χ3n) is 6.12. The molecule has 0 bridgehead atoms. The number of allylic oxidation sites excluding steroid dienone is 3. The molecule has 2 rings (SSSR count). The van der Waals surface area contributed by atoms with Crippen molar-refractivity contribution in [1.29, 1.82) is 0 Å². The fourth-order valence-electron chi connectivity index (χ4n) is 3.25. The summed E-state index contributed by atoms with van der Waals surface area (Å²) in [6.45, 7) is 29.4. The quantitative estimate of drug-likeness (QED) is 0.336. The van der Waals surface area contributed by atoms with Crippen LogP contribution in [0.15, 0.2) is 78.9 Å². The Morgan fingerprint density at radius 3 is 1.58 bits per heavy atom. The minimum atomic E-state index is 0.478. The number of benzene rings is 2. The summed E-state index contributed by atoms with van der Waals surface area (Å²) in [5, 5.41) is 0. The van der Waals surface area contributed by atoms with Crippen LogP contribution in [0.3, 0.4) is 0 Å². The van der Waals surface area contributed by atoms with Crippen molar-refractivity contribution in [3.63, 3.8) is 0 Å². The zero-order chi connectivity index (χ0) is 25.4. The first-order chi connectivity index (χ1) is 15.5. The van der Waals surface area contributed by atoms with Crippen LogP contribution in [0.25, 0.3) is 0 Å². The van der Waals surface area contributed by atoms with E-state index in [1.165, 1.54) is 59.9 Å². The van der Waals surface area contributed by atoms with Crippen LogP contribution in [-0.4, -0.2) is 0 Å². The van der Waals surface area contributed by atoms with Gasteiger partial charge in [-0.3, -0.25) is 0 Å². The standard InChI is InChI=1S/C13H22.2C10H14/c1-7-8-9-11(4)13(6)12(5)10(2)3;1-7-5-9(3)10(4)6-8(7)2;1-2-3-7-10-8-5-4-6-9-10/h10H,4-9H2,1-3H3;5-6H,1-4H3;4-6,8-9H,2-3,7H2,1H3. The monoisotopic (exact) mass is 446 g/mol. The predicted octanol–water partition coefficient (Wildman–Crippen LogP) is 10.5. The minimum Gasteiger partial charge on any atom is -0.0952 e. The molecule has 0 fully saturated rings. The van der Waals surface area contributed by atoms with Crippen LogP contribution in [0.2, 0.25) is 0 Å². The van der Waals surface area contributed by atoms with E-state index >= 15 is 0 Å². The molecule has 0 heteroatoms. The van der Waals surface area contributed by atoms with Crippen molar-refractivity contribution in [2.45, 2.75) is 93.9 Å². The highest BCUT2D eigenvalue weighted by atomic mass is 14.1. The van der Waals surface area contributed by atoms with Crippen LogP contribution in [0.4, 0.5) is 0 Å². The van der Waals surface area contributed by atoms with Gasteiger partial charge in [-0.15, -0.1) is 0 Å². The van der Waals surface area contributed by atoms with Gasteiger partial charge in [-0.2, -0.15) is 0 Å². The molecule has 0 aromatic heterocycles. The summed E-state index contributed by atoms with van der Waals surface area (Å²) >= 11 is 0. The normalized spacial score (nSPS) is 9.97. The molecule has 0 amide bonds. The molecule has 0 saturated heterocycles. The summed E-state index contributed by atoms with van der Waals surface area (Å²) in [6.07, 6.45) is 7.29. The third-order valence-corrected chi connectivity index (χ3v) is 6.12. The van der Waals surface area contributed by atoms with E-state index in [1.54, 1.807) is 0 Å². The molecule has 0 nitrogen and oxygen atoms in total. The molecular weight excluding hydrogens is 396 g/mol. The maximum Gasteiger partial charge on any atom is -0.0219 e. The van der Waals surface area contributed by atoms with Gasteiger partial charge < -0.3 is 0 Å². The molecule has 0 aliphatic carbocycles. The average Bonchev–Trinajstić information content (AvgIpc) is 2.80. The molecule has 0 saturated carbocycles. The van der Waals surface area contributed by atoms with E-state index in [9.17, 15) is 0 Å². The molecule has 33 heavy (non-hydrogen) atoms. The number of aryl methyl sites for hydroxylation is 5. The van der Waals surface area contributed by atoms with Gasteiger partial charge in [-0.25, -0.2) is 0 Å². The van der Waals surface area contributed by atoms with Gasteiger partial charge in [0.25, 0.3) is 0 Å². The second kappa shape index (κ2) is 17.2. The highest BCUT2D eigenvalue weighted by Gasteiger charge is 2.07. The van der Waals surface area contributed by atoms with E-state index in [2.05, 4.69) is 118 Å². The summed E-state index contributed by atoms with van der Waals surface area (Å²) in [5.41, 5.74) is 10.4. The Bertz CT molecular complexity index is 799. The molecule has 182 valence electrons. The largest absolute Gasteiger partial charge is 0.0952 e. The number of hydrogen-bond donors (Lipinski definition) is 0. The molecule has 2 aromatic rings. The lowest BCUT2D eigenvalue weighted by atomic mass is 9.91. The van der Waals surface area contributed by atoms with Crippen molar-refractivity contribution in [3.05, 3.63) is 107 Å².